The average molecular weight is 399 g/mol. The molecule has 2 aromatic rings. The summed E-state index contributed by atoms with van der Waals surface area (Å²) in [6, 6.07) is 4.36. The second-order valence-electron chi connectivity index (χ2n) is 8.17. The zero-order valence-corrected chi connectivity index (χ0v) is 16.5. The van der Waals surface area contributed by atoms with E-state index in [0.717, 1.165) is 5.57 Å². The normalized spacial score (nSPS) is 18.6. The van der Waals surface area contributed by atoms with Crippen molar-refractivity contribution in [1.82, 2.24) is 24.8 Å². The molecular formula is C20H22FN5O3. The molecule has 0 aliphatic carbocycles. The minimum absolute atomic E-state index is 0.0181. The van der Waals surface area contributed by atoms with Crippen LogP contribution >= 0.6 is 0 Å². The quantitative estimate of drug-likeness (QED) is 0.776. The summed E-state index contributed by atoms with van der Waals surface area (Å²) in [7, 11) is 0. The summed E-state index contributed by atoms with van der Waals surface area (Å²) in [6.07, 6.45) is 4.27. The maximum Gasteiger partial charge on any atom is 0.410 e. The van der Waals surface area contributed by atoms with Gasteiger partial charge in [0.25, 0.3) is 5.91 Å². The van der Waals surface area contributed by atoms with Crippen molar-refractivity contribution in [2.24, 2.45) is 5.92 Å². The Morgan fingerprint density at radius 3 is 2.55 bits per heavy atom. The molecule has 1 atom stereocenters. The molecule has 1 fully saturated rings. The largest absolute Gasteiger partial charge is 0.444 e. The van der Waals surface area contributed by atoms with E-state index in [1.165, 1.54) is 34.2 Å². The minimum atomic E-state index is -0.629. The van der Waals surface area contributed by atoms with Crippen LogP contribution in [0.4, 0.5) is 9.18 Å². The fourth-order valence-electron chi connectivity index (χ4n) is 3.59. The molecule has 29 heavy (non-hydrogen) atoms. The average Bonchev–Trinajstić information content (AvgIpc) is 3.35. The van der Waals surface area contributed by atoms with Gasteiger partial charge in [-0.25, -0.2) is 9.18 Å². The van der Waals surface area contributed by atoms with Crippen molar-refractivity contribution in [3.05, 3.63) is 53.7 Å². The molecule has 0 saturated carbocycles. The SMILES string of the molecule is CC(C)(C)OC(=O)N1CC2=CN(C(=O)c3c(F)cccc3-n3nccn3)CC2C1. The number of fused-ring (bicyclic) bond motifs is 1. The number of ether oxygens (including phenoxy) is 1. The summed E-state index contributed by atoms with van der Waals surface area (Å²) in [4.78, 5) is 29.7. The van der Waals surface area contributed by atoms with Gasteiger partial charge in [0, 0.05) is 31.8 Å². The van der Waals surface area contributed by atoms with Crippen molar-refractivity contribution in [3.8, 4) is 5.69 Å². The molecule has 0 radical (unpaired) electrons. The molecule has 3 heterocycles. The predicted octanol–water partition coefficient (Wildman–Crippen LogP) is 2.61. The molecule has 4 rings (SSSR count). The zero-order chi connectivity index (χ0) is 20.8. The topological polar surface area (TPSA) is 80.6 Å². The standard InChI is InChI=1S/C20H22FN5O3/c1-20(2,3)29-19(28)25-11-13-9-24(10-14(13)12-25)18(27)17-15(21)5-4-6-16(17)26-22-7-8-23-26/h4-9,14H,10-12H2,1-3H3. The minimum Gasteiger partial charge on any atom is -0.444 e. The third kappa shape index (κ3) is 3.72. The summed E-state index contributed by atoms with van der Waals surface area (Å²) in [6.45, 7) is 6.71. The van der Waals surface area contributed by atoms with Crippen molar-refractivity contribution in [2.75, 3.05) is 19.6 Å². The second-order valence-corrected chi connectivity index (χ2v) is 8.17. The van der Waals surface area contributed by atoms with Crippen LogP contribution in [0.3, 0.4) is 0 Å². The van der Waals surface area contributed by atoms with Gasteiger partial charge in [-0.05, 0) is 38.5 Å². The third-order valence-corrected chi connectivity index (χ3v) is 4.83. The summed E-state index contributed by atoms with van der Waals surface area (Å²) < 4.78 is 20.0. The fourth-order valence-corrected chi connectivity index (χ4v) is 3.59. The van der Waals surface area contributed by atoms with Gasteiger partial charge in [-0.3, -0.25) is 4.79 Å². The first kappa shape index (κ1) is 19.1. The van der Waals surface area contributed by atoms with E-state index in [0.29, 0.717) is 19.6 Å². The molecule has 1 aromatic carbocycles. The Balaban J connectivity index is 1.53. The molecule has 8 nitrogen and oxygen atoms in total. The van der Waals surface area contributed by atoms with Crippen LogP contribution in [0.15, 0.2) is 42.4 Å². The molecule has 1 saturated heterocycles. The first-order valence-electron chi connectivity index (χ1n) is 9.37. The van der Waals surface area contributed by atoms with E-state index in [-0.39, 0.29) is 23.3 Å². The van der Waals surface area contributed by atoms with Crippen molar-refractivity contribution in [2.45, 2.75) is 26.4 Å². The Morgan fingerprint density at radius 1 is 1.17 bits per heavy atom. The first-order valence-corrected chi connectivity index (χ1v) is 9.37. The number of halogens is 1. The summed E-state index contributed by atoms with van der Waals surface area (Å²) >= 11 is 0. The molecule has 2 amide bonds. The molecule has 0 spiro atoms. The van der Waals surface area contributed by atoms with E-state index >= 15 is 0 Å². The predicted molar refractivity (Wildman–Crippen MR) is 102 cm³/mol. The summed E-state index contributed by atoms with van der Waals surface area (Å²) in [5.74, 6) is -1.07. The molecule has 9 heteroatoms. The van der Waals surface area contributed by atoms with E-state index in [2.05, 4.69) is 10.2 Å². The number of nitrogens with zero attached hydrogens (tertiary/aromatic N) is 5. The monoisotopic (exact) mass is 399 g/mol. The maximum absolute atomic E-state index is 14.6. The number of hydrogen-bond donors (Lipinski definition) is 0. The number of aromatic nitrogens is 3. The van der Waals surface area contributed by atoms with Crippen LogP contribution in [-0.4, -0.2) is 62.0 Å². The lowest BCUT2D eigenvalue weighted by Crippen LogP contribution is -2.37. The smallest absolute Gasteiger partial charge is 0.410 e. The van der Waals surface area contributed by atoms with Gasteiger partial charge < -0.3 is 14.5 Å². The highest BCUT2D eigenvalue weighted by molar-refractivity contribution is 5.99. The Kier molecular flexibility index (Phi) is 4.60. The van der Waals surface area contributed by atoms with E-state index in [4.69, 9.17) is 4.74 Å². The molecule has 0 bridgehead atoms. The van der Waals surface area contributed by atoms with Gasteiger partial charge in [0.2, 0.25) is 0 Å². The highest BCUT2D eigenvalue weighted by Crippen LogP contribution is 2.32. The van der Waals surface area contributed by atoms with Crippen molar-refractivity contribution >= 4 is 12.0 Å². The molecule has 0 N–H and O–H groups in total. The molecular weight excluding hydrogens is 377 g/mol. The number of carbonyl (C=O) groups excluding carboxylic acids is 2. The summed E-state index contributed by atoms with van der Waals surface area (Å²) in [5.41, 5.74) is 0.599. The third-order valence-electron chi connectivity index (χ3n) is 4.83. The highest BCUT2D eigenvalue weighted by Gasteiger charge is 2.39. The van der Waals surface area contributed by atoms with Gasteiger partial charge in [-0.2, -0.15) is 15.0 Å². The van der Waals surface area contributed by atoms with Gasteiger partial charge in [0.1, 0.15) is 22.7 Å². The Bertz CT molecular complexity index is 980. The van der Waals surface area contributed by atoms with Crippen molar-refractivity contribution in [3.63, 3.8) is 0 Å². The van der Waals surface area contributed by atoms with Crippen LogP contribution in [0, 0.1) is 11.7 Å². The Labute approximate surface area is 167 Å². The van der Waals surface area contributed by atoms with Crippen LogP contribution in [0.25, 0.3) is 5.69 Å². The number of amides is 2. The lowest BCUT2D eigenvalue weighted by atomic mass is 10.1. The van der Waals surface area contributed by atoms with E-state index < -0.39 is 17.3 Å². The van der Waals surface area contributed by atoms with Gasteiger partial charge >= 0.3 is 6.09 Å². The van der Waals surface area contributed by atoms with Crippen LogP contribution in [0.5, 0.6) is 0 Å². The van der Waals surface area contributed by atoms with Crippen molar-refractivity contribution < 1.29 is 18.7 Å². The Morgan fingerprint density at radius 2 is 1.90 bits per heavy atom. The van der Waals surface area contributed by atoms with Gasteiger partial charge in [0.15, 0.2) is 0 Å². The highest BCUT2D eigenvalue weighted by atomic mass is 19.1. The second kappa shape index (κ2) is 6.98. The van der Waals surface area contributed by atoms with Gasteiger partial charge in [-0.15, -0.1) is 0 Å². The lowest BCUT2D eigenvalue weighted by molar-refractivity contribution is 0.0287. The molecule has 2 aliphatic rings. The van der Waals surface area contributed by atoms with Crippen LogP contribution in [0.2, 0.25) is 0 Å². The van der Waals surface area contributed by atoms with Crippen LogP contribution in [0.1, 0.15) is 31.1 Å². The molecule has 1 unspecified atom stereocenters. The summed E-state index contributed by atoms with van der Waals surface area (Å²) in [5, 5.41) is 8.02. The van der Waals surface area contributed by atoms with E-state index in [9.17, 15) is 14.0 Å². The number of benzene rings is 1. The van der Waals surface area contributed by atoms with Gasteiger partial charge in [0.05, 0.1) is 12.4 Å². The molecule has 2 aliphatic heterocycles. The van der Waals surface area contributed by atoms with Gasteiger partial charge in [-0.1, -0.05) is 6.07 Å². The lowest BCUT2D eigenvalue weighted by Gasteiger charge is -2.25. The Hall–Kier alpha value is -3.23. The maximum atomic E-state index is 14.6. The molecule has 152 valence electrons. The number of likely N-dealkylation sites (tertiary alicyclic amines) is 1. The van der Waals surface area contributed by atoms with Crippen LogP contribution in [-0.2, 0) is 4.74 Å². The van der Waals surface area contributed by atoms with E-state index in [1.54, 1.807) is 17.2 Å². The number of carbonyl (C=O) groups is 2. The number of rotatable bonds is 2. The number of hydrogen-bond acceptors (Lipinski definition) is 5. The fraction of sp³-hybridized carbons (Fsp3) is 0.400. The van der Waals surface area contributed by atoms with Crippen LogP contribution < -0.4 is 0 Å². The first-order chi connectivity index (χ1) is 13.7. The molecule has 1 aromatic heterocycles. The zero-order valence-electron chi connectivity index (χ0n) is 16.5. The van der Waals surface area contributed by atoms with E-state index in [1.807, 2.05) is 20.8 Å². The van der Waals surface area contributed by atoms with Crippen molar-refractivity contribution in [1.29, 1.82) is 0 Å².